The summed E-state index contributed by atoms with van der Waals surface area (Å²) in [5.74, 6) is 0.766. The van der Waals surface area contributed by atoms with E-state index in [0.29, 0.717) is 12.4 Å². The van der Waals surface area contributed by atoms with Crippen LogP contribution in [0, 0.1) is 13.8 Å². The van der Waals surface area contributed by atoms with Crippen LogP contribution < -0.4 is 10.0 Å². The first-order valence-electron chi connectivity index (χ1n) is 7.65. The van der Waals surface area contributed by atoms with Gasteiger partial charge >= 0.3 is 0 Å². The van der Waals surface area contributed by atoms with E-state index in [2.05, 4.69) is 20.2 Å². The van der Waals surface area contributed by atoms with Gasteiger partial charge in [-0.15, -0.1) is 21.5 Å². The van der Waals surface area contributed by atoms with Gasteiger partial charge in [-0.3, -0.25) is 4.72 Å². The summed E-state index contributed by atoms with van der Waals surface area (Å²) in [4.78, 5) is 0.933. The first-order valence-corrected chi connectivity index (χ1v) is 9.95. The number of rotatable bonds is 6. The molecule has 3 rings (SSSR count). The molecule has 0 saturated carbocycles. The largest absolute Gasteiger partial charge is 0.365 e. The summed E-state index contributed by atoms with van der Waals surface area (Å²) in [5, 5.41) is 11.1. The fourth-order valence-corrected chi connectivity index (χ4v) is 4.40. The summed E-state index contributed by atoms with van der Waals surface area (Å²) in [6, 6.07) is 14.8. The van der Waals surface area contributed by atoms with Gasteiger partial charge in [-0.2, -0.15) is 0 Å². The molecule has 0 atom stereocenters. The topological polar surface area (TPSA) is 84.0 Å². The molecule has 0 radical (unpaired) electrons. The molecule has 0 aliphatic heterocycles. The summed E-state index contributed by atoms with van der Waals surface area (Å²) < 4.78 is 27.2. The van der Waals surface area contributed by atoms with E-state index < -0.39 is 10.0 Å². The zero-order valence-corrected chi connectivity index (χ0v) is 15.5. The van der Waals surface area contributed by atoms with Crippen molar-refractivity contribution in [2.45, 2.75) is 24.6 Å². The van der Waals surface area contributed by atoms with E-state index in [0.717, 1.165) is 10.4 Å². The van der Waals surface area contributed by atoms with Crippen LogP contribution in [-0.4, -0.2) is 18.6 Å². The van der Waals surface area contributed by atoms with E-state index in [1.54, 1.807) is 24.3 Å². The Kier molecular flexibility index (Phi) is 5.00. The Labute approximate surface area is 151 Å². The third kappa shape index (κ3) is 4.55. The summed E-state index contributed by atoms with van der Waals surface area (Å²) in [5.41, 5.74) is 2.34. The van der Waals surface area contributed by atoms with Crippen LogP contribution in [0.1, 0.15) is 16.0 Å². The van der Waals surface area contributed by atoms with Gasteiger partial charge in [-0.05, 0) is 43.7 Å². The maximum absolute atomic E-state index is 12.3. The van der Waals surface area contributed by atoms with Gasteiger partial charge in [0.15, 0.2) is 5.82 Å². The minimum Gasteiger partial charge on any atom is -0.365 e. The number of thiophene rings is 1. The number of hydrogen-bond acceptors (Lipinski definition) is 6. The number of benzene rings is 1. The highest BCUT2D eigenvalue weighted by atomic mass is 32.2. The molecule has 2 heterocycles. The molecule has 25 heavy (non-hydrogen) atoms. The fraction of sp³-hybridized carbons (Fsp3) is 0.176. The second-order valence-corrected chi connectivity index (χ2v) is 8.81. The zero-order valence-electron chi connectivity index (χ0n) is 13.9. The van der Waals surface area contributed by atoms with E-state index in [1.807, 2.05) is 38.1 Å². The Morgan fingerprint density at radius 1 is 0.920 bits per heavy atom. The van der Waals surface area contributed by atoms with Crippen LogP contribution in [0.4, 0.5) is 11.6 Å². The van der Waals surface area contributed by atoms with E-state index in [1.165, 1.54) is 16.9 Å². The van der Waals surface area contributed by atoms with Crippen LogP contribution in [0.5, 0.6) is 0 Å². The molecule has 6 nitrogen and oxygen atoms in total. The van der Waals surface area contributed by atoms with Crippen molar-refractivity contribution in [3.05, 3.63) is 64.5 Å². The van der Waals surface area contributed by atoms with Gasteiger partial charge in [-0.25, -0.2) is 8.42 Å². The molecule has 8 heteroatoms. The number of hydrogen-bond donors (Lipinski definition) is 2. The molecule has 0 aliphatic carbocycles. The Bertz CT molecular complexity index is 949. The van der Waals surface area contributed by atoms with Crippen molar-refractivity contribution >= 4 is 33.0 Å². The number of aromatic nitrogens is 2. The first kappa shape index (κ1) is 17.4. The lowest BCUT2D eigenvalue weighted by Gasteiger charge is -2.07. The molecule has 1 aromatic carbocycles. The molecule has 0 saturated heterocycles. The minimum atomic E-state index is -3.62. The highest BCUT2D eigenvalue weighted by Crippen LogP contribution is 2.22. The Balaban J connectivity index is 1.63. The lowest BCUT2D eigenvalue weighted by Crippen LogP contribution is -2.13. The number of sulfonamides is 1. The van der Waals surface area contributed by atoms with Gasteiger partial charge in [0.25, 0.3) is 10.0 Å². The third-order valence-corrected chi connectivity index (χ3v) is 6.33. The molecule has 0 unspecified atom stereocenters. The number of nitrogens with one attached hydrogen (secondary N) is 2. The quantitative estimate of drug-likeness (QED) is 0.689. The maximum atomic E-state index is 12.3. The van der Waals surface area contributed by atoms with Crippen molar-refractivity contribution in [3.63, 3.8) is 0 Å². The van der Waals surface area contributed by atoms with Crippen LogP contribution in [0.15, 0.2) is 52.7 Å². The van der Waals surface area contributed by atoms with Gasteiger partial charge in [0.1, 0.15) is 10.0 Å². The third-order valence-electron chi connectivity index (χ3n) is 3.48. The van der Waals surface area contributed by atoms with Crippen molar-refractivity contribution in [2.24, 2.45) is 0 Å². The highest BCUT2D eigenvalue weighted by Gasteiger charge is 2.17. The summed E-state index contributed by atoms with van der Waals surface area (Å²) >= 11 is 1.21. The Morgan fingerprint density at radius 2 is 1.60 bits per heavy atom. The summed E-state index contributed by atoms with van der Waals surface area (Å²) in [7, 11) is -3.62. The van der Waals surface area contributed by atoms with Crippen molar-refractivity contribution in [1.29, 1.82) is 0 Å². The van der Waals surface area contributed by atoms with Crippen molar-refractivity contribution in [1.82, 2.24) is 10.2 Å². The van der Waals surface area contributed by atoms with Crippen molar-refractivity contribution in [2.75, 3.05) is 10.0 Å². The molecule has 3 aromatic rings. The van der Waals surface area contributed by atoms with Crippen LogP contribution in [0.3, 0.4) is 0 Å². The van der Waals surface area contributed by atoms with Gasteiger partial charge < -0.3 is 5.32 Å². The molecule has 0 amide bonds. The van der Waals surface area contributed by atoms with Crippen molar-refractivity contribution < 1.29 is 8.42 Å². The monoisotopic (exact) mass is 374 g/mol. The standard InChI is InChI=1S/C17H18N4O2S2/c1-12-3-6-14(7-4-12)11-18-15-8-9-16(20-19-15)21-25(22,23)17-10-5-13(2)24-17/h3-10H,11H2,1-2H3,(H,18,19)(H,20,21). The highest BCUT2D eigenvalue weighted by molar-refractivity contribution is 7.94. The molecule has 2 N–H and O–H groups in total. The molecule has 0 fully saturated rings. The minimum absolute atomic E-state index is 0.187. The predicted molar refractivity (Wildman–Crippen MR) is 100 cm³/mol. The first-order chi connectivity index (χ1) is 11.9. The number of nitrogens with zero attached hydrogens (tertiary/aromatic N) is 2. The lowest BCUT2D eigenvalue weighted by molar-refractivity contribution is 0.603. The summed E-state index contributed by atoms with van der Waals surface area (Å²) in [6.07, 6.45) is 0. The average molecular weight is 374 g/mol. The van der Waals surface area contributed by atoms with E-state index >= 15 is 0 Å². The molecular weight excluding hydrogens is 356 g/mol. The normalized spacial score (nSPS) is 11.3. The second kappa shape index (κ2) is 7.20. The predicted octanol–water partition coefficient (Wildman–Crippen LogP) is 3.57. The Hall–Kier alpha value is -2.45. The van der Waals surface area contributed by atoms with Crippen LogP contribution in [-0.2, 0) is 16.6 Å². The van der Waals surface area contributed by atoms with E-state index in [4.69, 9.17) is 0 Å². The molecule has 2 aromatic heterocycles. The maximum Gasteiger partial charge on any atom is 0.272 e. The Morgan fingerprint density at radius 3 is 2.20 bits per heavy atom. The van der Waals surface area contributed by atoms with E-state index in [-0.39, 0.29) is 10.0 Å². The van der Waals surface area contributed by atoms with Crippen LogP contribution in [0.2, 0.25) is 0 Å². The smallest absolute Gasteiger partial charge is 0.272 e. The van der Waals surface area contributed by atoms with E-state index in [9.17, 15) is 8.42 Å². The lowest BCUT2D eigenvalue weighted by atomic mass is 10.1. The molecular formula is C17H18N4O2S2. The van der Waals surface area contributed by atoms with Crippen LogP contribution >= 0.6 is 11.3 Å². The number of anilines is 2. The fourth-order valence-electron chi connectivity index (χ4n) is 2.12. The average Bonchev–Trinajstić information content (AvgIpc) is 3.03. The van der Waals surface area contributed by atoms with Gasteiger partial charge in [0, 0.05) is 11.4 Å². The number of aryl methyl sites for hydroxylation is 2. The van der Waals surface area contributed by atoms with Crippen LogP contribution in [0.25, 0.3) is 0 Å². The second-order valence-electron chi connectivity index (χ2n) is 5.61. The molecule has 0 bridgehead atoms. The van der Waals surface area contributed by atoms with Crippen molar-refractivity contribution in [3.8, 4) is 0 Å². The SMILES string of the molecule is Cc1ccc(CNc2ccc(NS(=O)(=O)c3ccc(C)s3)nn2)cc1. The summed E-state index contributed by atoms with van der Waals surface area (Å²) in [6.45, 7) is 4.52. The van der Waals surface area contributed by atoms with Gasteiger partial charge in [0.2, 0.25) is 0 Å². The molecule has 130 valence electrons. The zero-order chi connectivity index (χ0) is 17.9. The van der Waals surface area contributed by atoms with Gasteiger partial charge in [0.05, 0.1) is 0 Å². The molecule has 0 aliphatic rings. The molecule has 0 spiro atoms. The van der Waals surface area contributed by atoms with Gasteiger partial charge in [-0.1, -0.05) is 29.8 Å².